The molecule has 0 aliphatic rings. The lowest BCUT2D eigenvalue weighted by Crippen LogP contribution is -2.54. The minimum absolute atomic E-state index is 0.0243. The van der Waals surface area contributed by atoms with Crippen molar-refractivity contribution < 1.29 is 22.4 Å². The van der Waals surface area contributed by atoms with Crippen molar-refractivity contribution in [1.82, 2.24) is 10.2 Å². The molecule has 3 aromatic carbocycles. The SMILES string of the molecule is Cc1ccc(N(CC(=O)N(Cc2cccc(Cl)c2)[C@@H](C)C(=O)NC(C)(C)C)S(=O)(=O)c2ccc(F)cc2)cc1. The van der Waals surface area contributed by atoms with Gasteiger partial charge in [0, 0.05) is 17.1 Å². The fraction of sp³-hybridized carbons (Fsp3) is 0.310. The summed E-state index contributed by atoms with van der Waals surface area (Å²) in [5, 5.41) is 3.34. The predicted octanol–water partition coefficient (Wildman–Crippen LogP) is 5.31. The van der Waals surface area contributed by atoms with Gasteiger partial charge in [-0.15, -0.1) is 0 Å². The number of rotatable bonds is 9. The summed E-state index contributed by atoms with van der Waals surface area (Å²) in [6.07, 6.45) is 0. The molecule has 1 atom stereocenters. The lowest BCUT2D eigenvalue weighted by Gasteiger charge is -2.33. The van der Waals surface area contributed by atoms with Crippen molar-refractivity contribution in [2.24, 2.45) is 0 Å². The third-order valence-electron chi connectivity index (χ3n) is 5.91. The number of sulfonamides is 1. The van der Waals surface area contributed by atoms with E-state index in [9.17, 15) is 22.4 Å². The van der Waals surface area contributed by atoms with Crippen LogP contribution in [0.25, 0.3) is 0 Å². The summed E-state index contributed by atoms with van der Waals surface area (Å²) in [5.41, 5.74) is 1.29. The van der Waals surface area contributed by atoms with Gasteiger partial charge in [-0.05, 0) is 88.7 Å². The Hall–Kier alpha value is -3.43. The summed E-state index contributed by atoms with van der Waals surface area (Å²) in [4.78, 5) is 28.1. The normalized spacial score (nSPS) is 12.5. The highest BCUT2D eigenvalue weighted by Gasteiger charge is 2.33. The standard InChI is InChI=1S/C29H33ClFN3O4S/c1-20-9-13-25(14-10-20)34(39(37,38)26-15-11-24(31)12-16-26)19-27(35)33(18-22-7-6-8-23(30)17-22)21(2)28(36)32-29(3,4)5/h6-17,21H,18-19H2,1-5H3,(H,32,36)/t21-/m0/s1. The van der Waals surface area contributed by atoms with E-state index in [4.69, 9.17) is 11.6 Å². The van der Waals surface area contributed by atoms with E-state index in [2.05, 4.69) is 5.32 Å². The number of carbonyl (C=O) groups is 2. The summed E-state index contributed by atoms with van der Waals surface area (Å²) in [5.74, 6) is -1.57. The van der Waals surface area contributed by atoms with Gasteiger partial charge in [-0.25, -0.2) is 12.8 Å². The molecule has 1 N–H and O–H groups in total. The van der Waals surface area contributed by atoms with Crippen molar-refractivity contribution in [3.05, 3.63) is 94.8 Å². The molecule has 3 rings (SSSR count). The smallest absolute Gasteiger partial charge is 0.264 e. The highest BCUT2D eigenvalue weighted by atomic mass is 35.5. The molecule has 0 aliphatic heterocycles. The third kappa shape index (κ3) is 8.03. The second kappa shape index (κ2) is 12.2. The average molecular weight is 574 g/mol. The van der Waals surface area contributed by atoms with E-state index in [1.807, 2.05) is 27.7 Å². The second-order valence-electron chi connectivity index (χ2n) is 10.4. The number of halogens is 2. The van der Waals surface area contributed by atoms with E-state index in [1.165, 1.54) is 4.90 Å². The van der Waals surface area contributed by atoms with Crippen LogP contribution in [0.3, 0.4) is 0 Å². The number of benzene rings is 3. The highest BCUT2D eigenvalue weighted by Crippen LogP contribution is 2.25. The van der Waals surface area contributed by atoms with Crippen LogP contribution in [0.2, 0.25) is 5.02 Å². The van der Waals surface area contributed by atoms with Gasteiger partial charge in [-0.1, -0.05) is 41.4 Å². The van der Waals surface area contributed by atoms with Crippen LogP contribution in [0.15, 0.2) is 77.7 Å². The predicted molar refractivity (Wildman–Crippen MR) is 151 cm³/mol. The number of carbonyl (C=O) groups excluding carboxylic acids is 2. The molecule has 0 unspecified atom stereocenters. The van der Waals surface area contributed by atoms with Crippen molar-refractivity contribution in [2.45, 2.75) is 57.6 Å². The van der Waals surface area contributed by atoms with Gasteiger partial charge in [0.15, 0.2) is 0 Å². The van der Waals surface area contributed by atoms with Gasteiger partial charge in [0.25, 0.3) is 10.0 Å². The first kappa shape index (κ1) is 30.1. The Morgan fingerprint density at radius 3 is 2.18 bits per heavy atom. The molecule has 2 amide bonds. The molecule has 0 saturated heterocycles. The van der Waals surface area contributed by atoms with Crippen molar-refractivity contribution >= 4 is 39.1 Å². The van der Waals surface area contributed by atoms with E-state index in [0.29, 0.717) is 10.6 Å². The molecule has 0 saturated carbocycles. The highest BCUT2D eigenvalue weighted by molar-refractivity contribution is 7.92. The molecule has 0 bridgehead atoms. The van der Waals surface area contributed by atoms with E-state index in [-0.39, 0.29) is 23.0 Å². The maximum absolute atomic E-state index is 13.9. The van der Waals surface area contributed by atoms with Crippen LogP contribution in [0, 0.1) is 12.7 Å². The second-order valence-corrected chi connectivity index (χ2v) is 12.7. The molecule has 0 heterocycles. The monoisotopic (exact) mass is 573 g/mol. The molecule has 10 heteroatoms. The van der Waals surface area contributed by atoms with Crippen molar-refractivity contribution in [3.8, 4) is 0 Å². The maximum atomic E-state index is 13.9. The Labute approximate surface area is 234 Å². The minimum Gasteiger partial charge on any atom is -0.350 e. The molecule has 3 aromatic rings. The largest absolute Gasteiger partial charge is 0.350 e. The number of hydrogen-bond acceptors (Lipinski definition) is 4. The van der Waals surface area contributed by atoms with Crippen molar-refractivity contribution in [1.29, 1.82) is 0 Å². The number of amides is 2. The minimum atomic E-state index is -4.27. The molecular weight excluding hydrogens is 541 g/mol. The zero-order valence-corrected chi connectivity index (χ0v) is 24.2. The first-order valence-corrected chi connectivity index (χ1v) is 14.2. The fourth-order valence-corrected chi connectivity index (χ4v) is 5.49. The average Bonchev–Trinajstić information content (AvgIpc) is 2.85. The Kier molecular flexibility index (Phi) is 9.40. The van der Waals surface area contributed by atoms with Gasteiger partial charge < -0.3 is 10.2 Å². The number of anilines is 1. The molecule has 0 spiro atoms. The van der Waals surface area contributed by atoms with E-state index < -0.39 is 39.9 Å². The van der Waals surface area contributed by atoms with Gasteiger partial charge in [-0.3, -0.25) is 13.9 Å². The lowest BCUT2D eigenvalue weighted by molar-refractivity contribution is -0.140. The summed E-state index contributed by atoms with van der Waals surface area (Å²) in [7, 11) is -4.27. The van der Waals surface area contributed by atoms with Gasteiger partial charge in [0.05, 0.1) is 10.6 Å². The van der Waals surface area contributed by atoms with Crippen LogP contribution in [0.1, 0.15) is 38.8 Å². The zero-order valence-electron chi connectivity index (χ0n) is 22.6. The number of aryl methyl sites for hydroxylation is 1. The summed E-state index contributed by atoms with van der Waals surface area (Å²) in [6, 6.07) is 17.0. The van der Waals surface area contributed by atoms with Gasteiger partial charge >= 0.3 is 0 Å². The molecule has 0 fully saturated rings. The van der Waals surface area contributed by atoms with Crippen molar-refractivity contribution in [3.63, 3.8) is 0 Å². The van der Waals surface area contributed by atoms with Crippen LogP contribution >= 0.6 is 11.6 Å². The van der Waals surface area contributed by atoms with Gasteiger partial charge in [0.2, 0.25) is 11.8 Å². The molecule has 0 radical (unpaired) electrons. The topological polar surface area (TPSA) is 86.8 Å². The van der Waals surface area contributed by atoms with Crippen LogP contribution < -0.4 is 9.62 Å². The quantitative estimate of drug-likeness (QED) is 0.376. The van der Waals surface area contributed by atoms with Crippen LogP contribution in [0.4, 0.5) is 10.1 Å². The molecule has 208 valence electrons. The third-order valence-corrected chi connectivity index (χ3v) is 7.93. The molecule has 0 aliphatic carbocycles. The summed E-state index contributed by atoms with van der Waals surface area (Å²) >= 11 is 6.16. The van der Waals surface area contributed by atoms with Crippen molar-refractivity contribution in [2.75, 3.05) is 10.8 Å². The molecule has 0 aromatic heterocycles. The van der Waals surface area contributed by atoms with Crippen LogP contribution in [-0.2, 0) is 26.2 Å². The zero-order chi connectivity index (χ0) is 29.0. The molecular formula is C29H33ClFN3O4S. The van der Waals surface area contributed by atoms with Gasteiger partial charge in [-0.2, -0.15) is 0 Å². The summed E-state index contributed by atoms with van der Waals surface area (Å²) < 4.78 is 42.0. The molecule has 39 heavy (non-hydrogen) atoms. The van der Waals surface area contributed by atoms with E-state index in [1.54, 1.807) is 55.5 Å². The molecule has 7 nitrogen and oxygen atoms in total. The number of nitrogens with zero attached hydrogens (tertiary/aromatic N) is 2. The van der Waals surface area contributed by atoms with E-state index in [0.717, 1.165) is 34.1 Å². The Morgan fingerprint density at radius 2 is 1.62 bits per heavy atom. The van der Waals surface area contributed by atoms with Gasteiger partial charge in [0.1, 0.15) is 18.4 Å². The Balaban J connectivity index is 2.03. The Morgan fingerprint density at radius 1 is 1.00 bits per heavy atom. The van der Waals surface area contributed by atoms with Crippen LogP contribution in [-0.4, -0.2) is 43.3 Å². The van der Waals surface area contributed by atoms with Crippen LogP contribution in [0.5, 0.6) is 0 Å². The number of nitrogens with one attached hydrogen (secondary N) is 1. The first-order chi connectivity index (χ1) is 18.2. The first-order valence-electron chi connectivity index (χ1n) is 12.4. The fourth-order valence-electron chi connectivity index (χ4n) is 3.86. The Bertz CT molecular complexity index is 1420. The number of hydrogen-bond donors (Lipinski definition) is 1. The maximum Gasteiger partial charge on any atom is 0.264 e. The summed E-state index contributed by atoms with van der Waals surface area (Å²) in [6.45, 7) is 8.37. The lowest BCUT2D eigenvalue weighted by atomic mass is 10.1. The van der Waals surface area contributed by atoms with E-state index >= 15 is 0 Å².